The van der Waals surface area contributed by atoms with E-state index in [9.17, 15) is 4.79 Å². The molecule has 0 aromatic heterocycles. The van der Waals surface area contributed by atoms with Crippen molar-refractivity contribution in [2.24, 2.45) is 0 Å². The molecule has 0 aliphatic carbocycles. The first-order valence-corrected chi connectivity index (χ1v) is 6.97. The van der Waals surface area contributed by atoms with E-state index in [-0.39, 0.29) is 5.91 Å². The zero-order valence-corrected chi connectivity index (χ0v) is 12.6. The molecular formula is C16H24N2O. The van der Waals surface area contributed by atoms with Crippen molar-refractivity contribution in [1.29, 1.82) is 0 Å². The van der Waals surface area contributed by atoms with Crippen LogP contribution in [0.2, 0.25) is 0 Å². The van der Waals surface area contributed by atoms with Crippen LogP contribution in [0.25, 0.3) is 0 Å². The van der Waals surface area contributed by atoms with Crippen LogP contribution in [0.3, 0.4) is 0 Å². The molecule has 0 atom stereocenters. The fourth-order valence-corrected chi connectivity index (χ4v) is 2.42. The molecule has 1 aliphatic heterocycles. The number of amides is 1. The highest BCUT2D eigenvalue weighted by Gasteiger charge is 2.40. The predicted octanol–water partition coefficient (Wildman–Crippen LogP) is 2.87. The second kappa shape index (κ2) is 4.97. The highest BCUT2D eigenvalue weighted by atomic mass is 16.2. The number of carbonyl (C=O) groups is 1. The quantitative estimate of drug-likeness (QED) is 0.816. The Morgan fingerprint density at radius 3 is 2.53 bits per heavy atom. The summed E-state index contributed by atoms with van der Waals surface area (Å²) in [6, 6.07) is 8.35. The Morgan fingerprint density at radius 2 is 1.89 bits per heavy atom. The zero-order chi connectivity index (χ0) is 14.2. The number of anilines is 1. The van der Waals surface area contributed by atoms with Gasteiger partial charge in [0, 0.05) is 18.8 Å². The lowest BCUT2D eigenvalue weighted by Crippen LogP contribution is -2.61. The van der Waals surface area contributed by atoms with Crippen molar-refractivity contribution in [3.05, 3.63) is 29.8 Å². The number of piperazine rings is 1. The summed E-state index contributed by atoms with van der Waals surface area (Å²) in [5.74, 6) is 0.665. The molecule has 104 valence electrons. The van der Waals surface area contributed by atoms with E-state index in [4.69, 9.17) is 0 Å². The molecule has 3 heteroatoms. The van der Waals surface area contributed by atoms with Crippen molar-refractivity contribution >= 4 is 11.6 Å². The van der Waals surface area contributed by atoms with Crippen LogP contribution in [0.5, 0.6) is 0 Å². The van der Waals surface area contributed by atoms with Crippen LogP contribution in [0.4, 0.5) is 5.69 Å². The van der Waals surface area contributed by atoms with Crippen LogP contribution in [-0.4, -0.2) is 36.5 Å². The third-order valence-corrected chi connectivity index (χ3v) is 4.23. The van der Waals surface area contributed by atoms with E-state index in [0.29, 0.717) is 5.92 Å². The summed E-state index contributed by atoms with van der Waals surface area (Å²) in [6.07, 6.45) is 0. The maximum atomic E-state index is 12.6. The molecule has 0 spiro atoms. The van der Waals surface area contributed by atoms with Crippen molar-refractivity contribution in [2.75, 3.05) is 25.0 Å². The second-order valence-corrected chi connectivity index (χ2v) is 6.19. The Bertz CT molecular complexity index is 479. The van der Waals surface area contributed by atoms with E-state index in [0.717, 1.165) is 18.8 Å². The van der Waals surface area contributed by atoms with Gasteiger partial charge in [-0.1, -0.05) is 26.0 Å². The molecule has 0 unspecified atom stereocenters. The first-order valence-electron chi connectivity index (χ1n) is 6.97. The molecule has 1 fully saturated rings. The summed E-state index contributed by atoms with van der Waals surface area (Å²) in [6.45, 7) is 10.0. The first kappa shape index (κ1) is 14.1. The number of rotatable bonds is 2. The van der Waals surface area contributed by atoms with Crippen molar-refractivity contribution in [1.82, 2.24) is 4.90 Å². The number of benzene rings is 1. The van der Waals surface area contributed by atoms with Gasteiger partial charge in [0.05, 0.1) is 5.54 Å². The molecule has 1 saturated heterocycles. The van der Waals surface area contributed by atoms with Crippen LogP contribution >= 0.6 is 0 Å². The van der Waals surface area contributed by atoms with Crippen LogP contribution < -0.4 is 4.90 Å². The summed E-state index contributed by atoms with van der Waals surface area (Å²) in [5.41, 5.74) is 1.88. The van der Waals surface area contributed by atoms with Gasteiger partial charge in [-0.05, 0) is 44.5 Å². The fraction of sp³-hybridized carbons (Fsp3) is 0.562. The molecular weight excluding hydrogens is 236 g/mol. The average Bonchev–Trinajstić information content (AvgIpc) is 2.37. The summed E-state index contributed by atoms with van der Waals surface area (Å²) in [7, 11) is 2.01. The summed E-state index contributed by atoms with van der Waals surface area (Å²) in [4.78, 5) is 16.7. The van der Waals surface area contributed by atoms with E-state index in [1.807, 2.05) is 37.9 Å². The Balaban J connectivity index is 2.32. The molecule has 0 bridgehead atoms. The molecule has 0 radical (unpaired) electrons. The van der Waals surface area contributed by atoms with Gasteiger partial charge >= 0.3 is 0 Å². The number of hydrogen-bond acceptors (Lipinski definition) is 2. The summed E-state index contributed by atoms with van der Waals surface area (Å²) < 4.78 is 0. The van der Waals surface area contributed by atoms with E-state index in [1.54, 1.807) is 0 Å². The normalized spacial score (nSPS) is 20.1. The Kier molecular flexibility index (Phi) is 3.68. The topological polar surface area (TPSA) is 23.6 Å². The standard InChI is InChI=1S/C16H24N2O/c1-12(2)13-7-6-8-14(11-13)18-10-9-17(5)16(3,4)15(18)19/h6-8,11-12H,9-10H2,1-5H3. The largest absolute Gasteiger partial charge is 0.310 e. The van der Waals surface area contributed by atoms with Crippen molar-refractivity contribution < 1.29 is 4.79 Å². The van der Waals surface area contributed by atoms with Crippen LogP contribution in [-0.2, 0) is 4.79 Å². The van der Waals surface area contributed by atoms with Crippen LogP contribution in [0.1, 0.15) is 39.2 Å². The van der Waals surface area contributed by atoms with Gasteiger partial charge in [-0.3, -0.25) is 9.69 Å². The lowest BCUT2D eigenvalue weighted by molar-refractivity contribution is -0.130. The molecule has 0 N–H and O–H groups in total. The SMILES string of the molecule is CC(C)c1cccc(N2CCN(C)C(C)(C)C2=O)c1. The number of likely N-dealkylation sites (N-methyl/N-ethyl adjacent to an activating group) is 1. The smallest absolute Gasteiger partial charge is 0.246 e. The fourth-order valence-electron chi connectivity index (χ4n) is 2.42. The third kappa shape index (κ3) is 2.52. The van der Waals surface area contributed by atoms with E-state index in [2.05, 4.69) is 30.9 Å². The third-order valence-electron chi connectivity index (χ3n) is 4.23. The molecule has 1 aliphatic rings. The van der Waals surface area contributed by atoms with Gasteiger partial charge in [-0.15, -0.1) is 0 Å². The maximum absolute atomic E-state index is 12.6. The molecule has 1 amide bonds. The average molecular weight is 260 g/mol. The molecule has 19 heavy (non-hydrogen) atoms. The molecule has 1 aromatic rings. The summed E-state index contributed by atoms with van der Waals surface area (Å²) in [5, 5.41) is 0. The van der Waals surface area contributed by atoms with Crippen molar-refractivity contribution in [3.8, 4) is 0 Å². The van der Waals surface area contributed by atoms with Gasteiger partial charge in [-0.2, -0.15) is 0 Å². The second-order valence-electron chi connectivity index (χ2n) is 6.19. The molecule has 3 nitrogen and oxygen atoms in total. The van der Waals surface area contributed by atoms with Gasteiger partial charge in [0.25, 0.3) is 0 Å². The zero-order valence-electron chi connectivity index (χ0n) is 12.6. The van der Waals surface area contributed by atoms with Crippen molar-refractivity contribution in [2.45, 2.75) is 39.2 Å². The Hall–Kier alpha value is -1.35. The molecule has 0 saturated carbocycles. The van der Waals surface area contributed by atoms with Crippen molar-refractivity contribution in [3.63, 3.8) is 0 Å². The highest BCUT2D eigenvalue weighted by molar-refractivity contribution is 6.00. The highest BCUT2D eigenvalue weighted by Crippen LogP contribution is 2.28. The first-order chi connectivity index (χ1) is 8.84. The monoisotopic (exact) mass is 260 g/mol. The predicted molar refractivity (Wildman–Crippen MR) is 79.6 cm³/mol. The van der Waals surface area contributed by atoms with Gasteiger partial charge in [0.2, 0.25) is 5.91 Å². The van der Waals surface area contributed by atoms with Gasteiger partial charge in [0.15, 0.2) is 0 Å². The van der Waals surface area contributed by atoms with Crippen LogP contribution in [0, 0.1) is 0 Å². The maximum Gasteiger partial charge on any atom is 0.246 e. The molecule has 2 rings (SSSR count). The lowest BCUT2D eigenvalue weighted by Gasteiger charge is -2.44. The molecule has 1 aromatic carbocycles. The molecule has 1 heterocycles. The van der Waals surface area contributed by atoms with Gasteiger partial charge < -0.3 is 4.90 Å². The number of hydrogen-bond donors (Lipinski definition) is 0. The lowest BCUT2D eigenvalue weighted by atomic mass is 9.97. The minimum Gasteiger partial charge on any atom is -0.310 e. The number of carbonyl (C=O) groups excluding carboxylic acids is 1. The van der Waals surface area contributed by atoms with E-state index >= 15 is 0 Å². The van der Waals surface area contributed by atoms with Gasteiger partial charge in [0.1, 0.15) is 0 Å². The summed E-state index contributed by atoms with van der Waals surface area (Å²) >= 11 is 0. The Labute approximate surface area is 116 Å². The van der Waals surface area contributed by atoms with Crippen LogP contribution in [0.15, 0.2) is 24.3 Å². The Morgan fingerprint density at radius 1 is 1.21 bits per heavy atom. The minimum atomic E-state index is -0.425. The van der Waals surface area contributed by atoms with Gasteiger partial charge in [-0.25, -0.2) is 0 Å². The van der Waals surface area contributed by atoms with E-state index < -0.39 is 5.54 Å². The minimum absolute atomic E-state index is 0.183. The van der Waals surface area contributed by atoms with E-state index in [1.165, 1.54) is 5.56 Å². The number of nitrogens with zero attached hydrogens (tertiary/aromatic N) is 2.